The molecule has 0 bridgehead atoms. The molecule has 1 aliphatic carbocycles. The van der Waals surface area contributed by atoms with Crippen LogP contribution in [0.3, 0.4) is 0 Å². The highest BCUT2D eigenvalue weighted by Gasteiger charge is 2.38. The average Bonchev–Trinajstić information content (AvgIpc) is 2.17. The Morgan fingerprint density at radius 2 is 2.25 bits per heavy atom. The van der Waals surface area contributed by atoms with E-state index < -0.39 is 0 Å². The van der Waals surface area contributed by atoms with Crippen molar-refractivity contribution < 1.29 is 5.11 Å². The third-order valence-electron chi connectivity index (χ3n) is 1.59. The monoisotopic (exact) mass is 115 g/mol. The summed E-state index contributed by atoms with van der Waals surface area (Å²) in [4.78, 5) is 0. The van der Waals surface area contributed by atoms with E-state index >= 15 is 0 Å². The predicted octanol–water partition coefficient (Wildman–Crippen LogP) is 0.249. The molecular formula is C6H13NO. The maximum atomic E-state index is 8.85. The molecule has 0 radical (unpaired) electrons. The highest BCUT2D eigenvalue weighted by molar-refractivity contribution is 4.99. The first-order valence-corrected chi connectivity index (χ1v) is 3.09. The molecule has 0 aromatic heterocycles. The Kier molecular flexibility index (Phi) is 1.29. The maximum Gasteiger partial charge on any atom is 0.0529 e. The molecule has 8 heavy (non-hydrogen) atoms. The fraction of sp³-hybridized carbons (Fsp3) is 1.00. The molecule has 0 aliphatic heterocycles. The molecule has 2 nitrogen and oxygen atoms in total. The summed E-state index contributed by atoms with van der Waals surface area (Å²) in [5, 5.41) is 8.85. The number of hydrogen-bond acceptors (Lipinski definition) is 2. The van der Waals surface area contributed by atoms with Gasteiger partial charge in [-0.1, -0.05) is 0 Å². The van der Waals surface area contributed by atoms with Crippen LogP contribution in [0.25, 0.3) is 0 Å². The van der Waals surface area contributed by atoms with E-state index in [-0.39, 0.29) is 11.6 Å². The zero-order valence-corrected chi connectivity index (χ0v) is 5.22. The van der Waals surface area contributed by atoms with Crippen molar-refractivity contribution in [3.63, 3.8) is 0 Å². The zero-order valence-electron chi connectivity index (χ0n) is 5.22. The van der Waals surface area contributed by atoms with Crippen LogP contribution in [-0.4, -0.2) is 16.7 Å². The van der Waals surface area contributed by atoms with E-state index in [4.69, 9.17) is 10.8 Å². The van der Waals surface area contributed by atoms with Crippen molar-refractivity contribution >= 4 is 0 Å². The minimum absolute atomic E-state index is 0.0220. The standard InChI is InChI=1S/C6H13NO/c1-5(8)4-6(7)2-3-6/h5,8H,2-4,7H2,1H3/t5-/m1/s1. The quantitative estimate of drug-likeness (QED) is 0.542. The van der Waals surface area contributed by atoms with Gasteiger partial charge in [0.25, 0.3) is 0 Å². The third kappa shape index (κ3) is 1.46. The number of aliphatic hydroxyl groups excluding tert-OH is 1. The van der Waals surface area contributed by atoms with Gasteiger partial charge in [-0.3, -0.25) is 0 Å². The van der Waals surface area contributed by atoms with Crippen LogP contribution in [0.15, 0.2) is 0 Å². The molecule has 0 unspecified atom stereocenters. The first kappa shape index (κ1) is 6.05. The van der Waals surface area contributed by atoms with Crippen LogP contribution in [0.4, 0.5) is 0 Å². The Bertz CT molecular complexity index is 86.5. The van der Waals surface area contributed by atoms with Gasteiger partial charge in [-0.15, -0.1) is 0 Å². The van der Waals surface area contributed by atoms with Crippen LogP contribution in [0.5, 0.6) is 0 Å². The van der Waals surface area contributed by atoms with Gasteiger partial charge in [0.15, 0.2) is 0 Å². The summed E-state index contributed by atoms with van der Waals surface area (Å²) >= 11 is 0. The molecular weight excluding hydrogens is 102 g/mol. The smallest absolute Gasteiger partial charge is 0.0529 e. The fourth-order valence-corrected chi connectivity index (χ4v) is 0.953. The summed E-state index contributed by atoms with van der Waals surface area (Å²) in [6.45, 7) is 1.78. The molecule has 1 saturated carbocycles. The minimum atomic E-state index is -0.220. The molecule has 0 spiro atoms. The van der Waals surface area contributed by atoms with Gasteiger partial charge in [0, 0.05) is 5.54 Å². The van der Waals surface area contributed by atoms with Gasteiger partial charge < -0.3 is 10.8 Å². The lowest BCUT2D eigenvalue weighted by Gasteiger charge is -2.09. The van der Waals surface area contributed by atoms with Crippen molar-refractivity contribution in [2.45, 2.75) is 37.8 Å². The SMILES string of the molecule is C[C@@H](O)CC1(N)CC1. The first-order valence-electron chi connectivity index (χ1n) is 3.09. The summed E-state index contributed by atoms with van der Waals surface area (Å²) in [7, 11) is 0. The maximum absolute atomic E-state index is 8.85. The Morgan fingerprint density at radius 3 is 2.38 bits per heavy atom. The normalized spacial score (nSPS) is 27.4. The summed E-state index contributed by atoms with van der Waals surface area (Å²) in [5.41, 5.74) is 5.71. The van der Waals surface area contributed by atoms with E-state index in [2.05, 4.69) is 0 Å². The van der Waals surface area contributed by atoms with Gasteiger partial charge in [-0.2, -0.15) is 0 Å². The van der Waals surface area contributed by atoms with Crippen LogP contribution >= 0.6 is 0 Å². The average molecular weight is 115 g/mol. The van der Waals surface area contributed by atoms with Crippen LogP contribution < -0.4 is 5.73 Å². The van der Waals surface area contributed by atoms with Gasteiger partial charge in [0.2, 0.25) is 0 Å². The van der Waals surface area contributed by atoms with E-state index in [0.29, 0.717) is 0 Å². The van der Waals surface area contributed by atoms with Gasteiger partial charge in [0.05, 0.1) is 6.10 Å². The van der Waals surface area contributed by atoms with E-state index in [0.717, 1.165) is 19.3 Å². The Labute approximate surface area is 49.7 Å². The van der Waals surface area contributed by atoms with Crippen molar-refractivity contribution in [1.29, 1.82) is 0 Å². The minimum Gasteiger partial charge on any atom is -0.393 e. The summed E-state index contributed by atoms with van der Waals surface area (Å²) in [5.74, 6) is 0. The van der Waals surface area contributed by atoms with E-state index in [1.54, 1.807) is 6.92 Å². The highest BCUT2D eigenvalue weighted by atomic mass is 16.3. The third-order valence-corrected chi connectivity index (χ3v) is 1.59. The van der Waals surface area contributed by atoms with Gasteiger partial charge >= 0.3 is 0 Å². The molecule has 2 heteroatoms. The summed E-state index contributed by atoms with van der Waals surface area (Å²) in [6, 6.07) is 0. The van der Waals surface area contributed by atoms with Crippen molar-refractivity contribution in [1.82, 2.24) is 0 Å². The number of rotatable bonds is 2. The lowest BCUT2D eigenvalue weighted by Crippen LogP contribution is -2.26. The van der Waals surface area contributed by atoms with Crippen molar-refractivity contribution in [3.05, 3.63) is 0 Å². The number of hydrogen-bond donors (Lipinski definition) is 2. The zero-order chi connectivity index (χ0) is 6.20. The van der Waals surface area contributed by atoms with Crippen molar-refractivity contribution in [2.24, 2.45) is 5.73 Å². The molecule has 0 aromatic carbocycles. The fourth-order valence-electron chi connectivity index (χ4n) is 0.953. The Hall–Kier alpha value is -0.0800. The molecule has 0 aromatic rings. The van der Waals surface area contributed by atoms with Crippen LogP contribution in [0.2, 0.25) is 0 Å². The van der Waals surface area contributed by atoms with E-state index in [9.17, 15) is 0 Å². The molecule has 1 rings (SSSR count). The summed E-state index contributed by atoms with van der Waals surface area (Å²) < 4.78 is 0. The number of aliphatic hydroxyl groups is 1. The second-order valence-electron chi connectivity index (χ2n) is 2.92. The van der Waals surface area contributed by atoms with E-state index in [1.165, 1.54) is 0 Å². The molecule has 0 saturated heterocycles. The van der Waals surface area contributed by atoms with Crippen LogP contribution in [-0.2, 0) is 0 Å². The van der Waals surface area contributed by atoms with Gasteiger partial charge in [-0.05, 0) is 26.2 Å². The Morgan fingerprint density at radius 1 is 1.75 bits per heavy atom. The van der Waals surface area contributed by atoms with Gasteiger partial charge in [0.1, 0.15) is 0 Å². The molecule has 1 fully saturated rings. The first-order chi connectivity index (χ1) is 3.62. The summed E-state index contributed by atoms with van der Waals surface area (Å²) in [6.07, 6.45) is 2.74. The topological polar surface area (TPSA) is 46.2 Å². The van der Waals surface area contributed by atoms with E-state index in [1.807, 2.05) is 0 Å². The van der Waals surface area contributed by atoms with Crippen molar-refractivity contribution in [3.8, 4) is 0 Å². The second kappa shape index (κ2) is 1.71. The lowest BCUT2D eigenvalue weighted by atomic mass is 10.1. The highest BCUT2D eigenvalue weighted by Crippen LogP contribution is 2.36. The molecule has 1 aliphatic rings. The predicted molar refractivity (Wildman–Crippen MR) is 32.5 cm³/mol. The molecule has 3 N–H and O–H groups in total. The Balaban J connectivity index is 2.19. The molecule has 48 valence electrons. The molecule has 0 heterocycles. The van der Waals surface area contributed by atoms with Crippen LogP contribution in [0, 0.1) is 0 Å². The molecule has 1 atom stereocenters. The number of nitrogens with two attached hydrogens (primary N) is 1. The lowest BCUT2D eigenvalue weighted by molar-refractivity contribution is 0.171. The van der Waals surface area contributed by atoms with Gasteiger partial charge in [-0.25, -0.2) is 0 Å². The molecule has 0 amide bonds. The second-order valence-corrected chi connectivity index (χ2v) is 2.92. The van der Waals surface area contributed by atoms with Crippen molar-refractivity contribution in [2.75, 3.05) is 0 Å². The van der Waals surface area contributed by atoms with Crippen LogP contribution in [0.1, 0.15) is 26.2 Å². The largest absolute Gasteiger partial charge is 0.393 e.